The molecule has 2 amide bonds. The van der Waals surface area contributed by atoms with Gasteiger partial charge in [-0.05, 0) is 12.0 Å². The van der Waals surface area contributed by atoms with Crippen LogP contribution in [-0.2, 0) is 9.59 Å². The summed E-state index contributed by atoms with van der Waals surface area (Å²) in [6.07, 6.45) is 3.26. The lowest BCUT2D eigenvalue weighted by Crippen LogP contribution is -2.39. The molecule has 5 heteroatoms. The Balaban J connectivity index is 2.10. The zero-order chi connectivity index (χ0) is 13.4. The first-order valence-corrected chi connectivity index (χ1v) is 6.09. The first-order chi connectivity index (χ1) is 9.20. The van der Waals surface area contributed by atoms with Crippen molar-refractivity contribution < 1.29 is 14.4 Å². The van der Waals surface area contributed by atoms with Crippen molar-refractivity contribution in [3.63, 3.8) is 0 Å². The van der Waals surface area contributed by atoms with Gasteiger partial charge in [-0.3, -0.25) is 19.7 Å². The average Bonchev–Trinajstić information content (AvgIpc) is 2.82. The van der Waals surface area contributed by atoms with Crippen molar-refractivity contribution in [2.75, 3.05) is 0 Å². The SMILES string of the molecule is O=Cc1c[nH]c2c(C3CCC(=O)NC3=O)cccc12. The number of aromatic amines is 1. The minimum absolute atomic E-state index is 0.228. The van der Waals surface area contributed by atoms with Crippen molar-refractivity contribution in [3.8, 4) is 0 Å². The molecule has 19 heavy (non-hydrogen) atoms. The number of amides is 2. The maximum Gasteiger partial charge on any atom is 0.234 e. The quantitative estimate of drug-likeness (QED) is 0.631. The van der Waals surface area contributed by atoms with E-state index in [-0.39, 0.29) is 17.7 Å². The normalized spacial score (nSPS) is 19.5. The molecule has 3 rings (SSSR count). The molecule has 0 aliphatic carbocycles. The number of piperidine rings is 1. The molecule has 0 saturated carbocycles. The minimum atomic E-state index is -0.348. The molecule has 96 valence electrons. The molecule has 1 fully saturated rings. The van der Waals surface area contributed by atoms with Gasteiger partial charge < -0.3 is 4.98 Å². The number of fused-ring (bicyclic) bond motifs is 1. The summed E-state index contributed by atoms with van der Waals surface area (Å²) in [6, 6.07) is 5.51. The number of benzene rings is 1. The maximum absolute atomic E-state index is 11.9. The summed E-state index contributed by atoms with van der Waals surface area (Å²) >= 11 is 0. The Bertz CT molecular complexity index is 687. The highest BCUT2D eigenvalue weighted by Gasteiger charge is 2.29. The van der Waals surface area contributed by atoms with Crippen LogP contribution in [0.25, 0.3) is 10.9 Å². The molecule has 1 aliphatic heterocycles. The summed E-state index contributed by atoms with van der Waals surface area (Å²) in [5.74, 6) is -0.848. The molecule has 2 aromatic rings. The molecular formula is C14H12N2O3. The Morgan fingerprint density at radius 2 is 2.11 bits per heavy atom. The summed E-state index contributed by atoms with van der Waals surface area (Å²) < 4.78 is 0. The fourth-order valence-corrected chi connectivity index (χ4v) is 2.58. The van der Waals surface area contributed by atoms with E-state index in [1.54, 1.807) is 6.20 Å². The lowest BCUT2D eigenvalue weighted by Gasteiger charge is -2.21. The topological polar surface area (TPSA) is 79.0 Å². The molecule has 1 aliphatic rings. The number of imide groups is 1. The molecule has 1 aromatic carbocycles. The number of H-pyrrole nitrogens is 1. The molecule has 1 atom stereocenters. The van der Waals surface area contributed by atoms with E-state index in [2.05, 4.69) is 10.3 Å². The Labute approximate surface area is 109 Å². The monoisotopic (exact) mass is 256 g/mol. The minimum Gasteiger partial charge on any atom is -0.360 e. The number of hydrogen-bond donors (Lipinski definition) is 2. The molecule has 0 radical (unpaired) electrons. The Hall–Kier alpha value is -2.43. The highest BCUT2D eigenvalue weighted by atomic mass is 16.2. The molecule has 1 unspecified atom stereocenters. The lowest BCUT2D eigenvalue weighted by atomic mass is 9.89. The maximum atomic E-state index is 11.9. The summed E-state index contributed by atoms with van der Waals surface area (Å²) in [5, 5.41) is 3.15. The second-order valence-corrected chi connectivity index (χ2v) is 4.64. The predicted molar refractivity (Wildman–Crippen MR) is 68.8 cm³/mol. The number of carbonyl (C=O) groups excluding carboxylic acids is 3. The summed E-state index contributed by atoms with van der Waals surface area (Å²) in [4.78, 5) is 37.1. The molecule has 0 bridgehead atoms. The van der Waals surface area contributed by atoms with Gasteiger partial charge in [0, 0.05) is 23.6 Å². The number of hydrogen-bond acceptors (Lipinski definition) is 3. The number of nitrogens with one attached hydrogen (secondary N) is 2. The third-order valence-electron chi connectivity index (χ3n) is 3.52. The second-order valence-electron chi connectivity index (χ2n) is 4.64. The van der Waals surface area contributed by atoms with Gasteiger partial charge in [-0.1, -0.05) is 18.2 Å². The molecule has 5 nitrogen and oxygen atoms in total. The smallest absolute Gasteiger partial charge is 0.234 e. The summed E-state index contributed by atoms with van der Waals surface area (Å²) in [5.41, 5.74) is 2.19. The number of aromatic nitrogens is 1. The molecule has 0 spiro atoms. The van der Waals surface area contributed by atoms with Crippen molar-refractivity contribution in [2.45, 2.75) is 18.8 Å². The van der Waals surface area contributed by atoms with Crippen LogP contribution in [0, 0.1) is 0 Å². The number of rotatable bonds is 2. The Kier molecular flexibility index (Phi) is 2.67. The van der Waals surface area contributed by atoms with Crippen LogP contribution < -0.4 is 5.32 Å². The zero-order valence-electron chi connectivity index (χ0n) is 10.1. The van der Waals surface area contributed by atoms with Crippen molar-refractivity contribution in [1.82, 2.24) is 10.3 Å². The van der Waals surface area contributed by atoms with Gasteiger partial charge in [0.15, 0.2) is 6.29 Å². The fourth-order valence-electron chi connectivity index (χ4n) is 2.58. The van der Waals surface area contributed by atoms with Crippen LogP contribution in [0.1, 0.15) is 34.7 Å². The van der Waals surface area contributed by atoms with Crippen LogP contribution in [0.4, 0.5) is 0 Å². The van der Waals surface area contributed by atoms with Crippen LogP contribution >= 0.6 is 0 Å². The van der Waals surface area contributed by atoms with Crippen LogP contribution in [0.5, 0.6) is 0 Å². The number of carbonyl (C=O) groups is 3. The van der Waals surface area contributed by atoms with Crippen molar-refractivity contribution in [3.05, 3.63) is 35.5 Å². The highest BCUT2D eigenvalue weighted by Crippen LogP contribution is 2.31. The largest absolute Gasteiger partial charge is 0.360 e. The van der Waals surface area contributed by atoms with Crippen LogP contribution in [0.15, 0.2) is 24.4 Å². The molecule has 1 aromatic heterocycles. The highest BCUT2D eigenvalue weighted by molar-refractivity contribution is 6.04. The van der Waals surface area contributed by atoms with Crippen LogP contribution in [-0.4, -0.2) is 23.1 Å². The van der Waals surface area contributed by atoms with Gasteiger partial charge in [-0.15, -0.1) is 0 Å². The van der Waals surface area contributed by atoms with Gasteiger partial charge in [0.05, 0.1) is 11.4 Å². The van der Waals surface area contributed by atoms with Crippen molar-refractivity contribution >= 4 is 29.0 Å². The van der Waals surface area contributed by atoms with E-state index in [0.29, 0.717) is 18.4 Å². The lowest BCUT2D eigenvalue weighted by molar-refractivity contribution is -0.134. The van der Waals surface area contributed by atoms with Crippen molar-refractivity contribution in [2.24, 2.45) is 0 Å². The van der Waals surface area contributed by atoms with Crippen LogP contribution in [0.3, 0.4) is 0 Å². The molecule has 2 N–H and O–H groups in total. The standard InChI is InChI=1S/C14H12N2O3/c17-7-8-6-15-13-9(8)2-1-3-10(13)11-4-5-12(18)16-14(11)19/h1-3,6-7,11,15H,4-5H2,(H,16,18,19). The van der Waals surface area contributed by atoms with E-state index < -0.39 is 0 Å². The van der Waals surface area contributed by atoms with Gasteiger partial charge in [0.1, 0.15) is 0 Å². The van der Waals surface area contributed by atoms with Gasteiger partial charge >= 0.3 is 0 Å². The van der Waals surface area contributed by atoms with Gasteiger partial charge in [-0.2, -0.15) is 0 Å². The van der Waals surface area contributed by atoms with Gasteiger partial charge in [0.25, 0.3) is 0 Å². The summed E-state index contributed by atoms with van der Waals surface area (Å²) in [6.45, 7) is 0. The Morgan fingerprint density at radius 3 is 2.84 bits per heavy atom. The van der Waals surface area contributed by atoms with E-state index >= 15 is 0 Å². The first kappa shape index (κ1) is 11.6. The number of aldehydes is 1. The van der Waals surface area contributed by atoms with E-state index in [4.69, 9.17) is 0 Å². The van der Waals surface area contributed by atoms with E-state index in [9.17, 15) is 14.4 Å². The molecule has 2 heterocycles. The summed E-state index contributed by atoms with van der Waals surface area (Å²) in [7, 11) is 0. The van der Waals surface area contributed by atoms with Gasteiger partial charge in [0.2, 0.25) is 11.8 Å². The first-order valence-electron chi connectivity index (χ1n) is 6.09. The second kappa shape index (κ2) is 4.35. The third kappa shape index (κ3) is 1.83. The van der Waals surface area contributed by atoms with Gasteiger partial charge in [-0.25, -0.2) is 0 Å². The van der Waals surface area contributed by atoms with Crippen LogP contribution in [0.2, 0.25) is 0 Å². The van der Waals surface area contributed by atoms with E-state index in [1.165, 1.54) is 0 Å². The predicted octanol–water partition coefficient (Wildman–Crippen LogP) is 1.50. The zero-order valence-corrected chi connectivity index (χ0v) is 10.1. The fraction of sp³-hybridized carbons (Fsp3) is 0.214. The number of para-hydroxylation sites is 1. The third-order valence-corrected chi connectivity index (χ3v) is 3.52. The van der Waals surface area contributed by atoms with E-state index in [0.717, 1.165) is 22.8 Å². The average molecular weight is 256 g/mol. The Morgan fingerprint density at radius 1 is 1.26 bits per heavy atom. The molecular weight excluding hydrogens is 244 g/mol. The van der Waals surface area contributed by atoms with Crippen molar-refractivity contribution in [1.29, 1.82) is 0 Å². The molecule has 1 saturated heterocycles. The van der Waals surface area contributed by atoms with E-state index in [1.807, 2.05) is 18.2 Å².